The van der Waals surface area contributed by atoms with Gasteiger partial charge in [0.15, 0.2) is 6.73 Å². The standard InChI is InChI=1S/C8H9NO3/c1-5(10)12-4-9-7-3-2-6(7)8(9)11/h2-3,6-7H,4H2,1H3/t6-,7+/m1/s1. The predicted octanol–water partition coefficient (Wildman–Crippen LogP) is -0.0962. The molecule has 1 amide bonds. The van der Waals surface area contributed by atoms with Crippen LogP contribution in [-0.2, 0) is 14.3 Å². The molecular weight excluding hydrogens is 158 g/mol. The van der Waals surface area contributed by atoms with Crippen LogP contribution < -0.4 is 0 Å². The fourth-order valence-electron chi connectivity index (χ4n) is 1.41. The number of hydrogen-bond acceptors (Lipinski definition) is 3. The van der Waals surface area contributed by atoms with Crippen LogP contribution in [0.1, 0.15) is 6.92 Å². The van der Waals surface area contributed by atoms with Gasteiger partial charge in [-0.2, -0.15) is 0 Å². The first-order valence-corrected chi connectivity index (χ1v) is 3.82. The zero-order valence-corrected chi connectivity index (χ0v) is 6.69. The molecule has 0 bridgehead atoms. The highest BCUT2D eigenvalue weighted by Crippen LogP contribution is 2.35. The second kappa shape index (κ2) is 2.33. The summed E-state index contributed by atoms with van der Waals surface area (Å²) in [5, 5.41) is 0. The number of ether oxygens (including phenoxy) is 1. The van der Waals surface area contributed by atoms with E-state index in [2.05, 4.69) is 0 Å². The molecule has 0 aromatic rings. The molecule has 0 aromatic heterocycles. The molecule has 0 radical (unpaired) electrons. The van der Waals surface area contributed by atoms with E-state index in [0.29, 0.717) is 0 Å². The van der Waals surface area contributed by atoms with Crippen LogP contribution in [0.25, 0.3) is 0 Å². The van der Waals surface area contributed by atoms with E-state index in [1.807, 2.05) is 12.2 Å². The molecule has 2 aliphatic rings. The number of fused-ring (bicyclic) bond motifs is 1. The van der Waals surface area contributed by atoms with Crippen LogP contribution in [0.5, 0.6) is 0 Å². The first-order chi connectivity index (χ1) is 5.70. The lowest BCUT2D eigenvalue weighted by molar-refractivity contribution is -0.167. The minimum absolute atomic E-state index is 0.0590. The van der Waals surface area contributed by atoms with Crippen molar-refractivity contribution in [2.45, 2.75) is 13.0 Å². The highest BCUT2D eigenvalue weighted by Gasteiger charge is 2.49. The zero-order chi connectivity index (χ0) is 8.72. The van der Waals surface area contributed by atoms with E-state index in [9.17, 15) is 9.59 Å². The van der Waals surface area contributed by atoms with Gasteiger partial charge in [-0.1, -0.05) is 12.2 Å². The second-order valence-corrected chi connectivity index (χ2v) is 2.97. The molecule has 1 aliphatic heterocycles. The molecule has 1 aliphatic carbocycles. The van der Waals surface area contributed by atoms with Gasteiger partial charge in [0.25, 0.3) is 0 Å². The molecule has 1 saturated heterocycles. The van der Waals surface area contributed by atoms with E-state index in [0.717, 1.165) is 0 Å². The molecule has 4 heteroatoms. The maximum absolute atomic E-state index is 11.1. The van der Waals surface area contributed by atoms with E-state index in [4.69, 9.17) is 4.74 Å². The molecule has 64 valence electrons. The number of rotatable bonds is 2. The van der Waals surface area contributed by atoms with Crippen molar-refractivity contribution in [3.8, 4) is 0 Å². The minimum Gasteiger partial charge on any atom is -0.444 e. The fourth-order valence-corrected chi connectivity index (χ4v) is 1.41. The monoisotopic (exact) mass is 167 g/mol. The van der Waals surface area contributed by atoms with E-state index < -0.39 is 0 Å². The lowest BCUT2D eigenvalue weighted by Crippen LogP contribution is -2.63. The van der Waals surface area contributed by atoms with Crippen molar-refractivity contribution in [1.82, 2.24) is 4.90 Å². The SMILES string of the molecule is CC(=O)OCN1C(=O)[C@@H]2C=C[C@@H]21. The van der Waals surface area contributed by atoms with E-state index in [1.165, 1.54) is 6.92 Å². The number of likely N-dealkylation sites (tertiary alicyclic amines) is 1. The summed E-state index contributed by atoms with van der Waals surface area (Å²) in [5.74, 6) is -0.223. The van der Waals surface area contributed by atoms with Gasteiger partial charge in [-0.05, 0) is 0 Å². The maximum Gasteiger partial charge on any atom is 0.304 e. The molecule has 0 spiro atoms. The Kier molecular flexibility index (Phi) is 1.43. The van der Waals surface area contributed by atoms with E-state index in [-0.39, 0.29) is 30.6 Å². The number of carbonyl (C=O) groups is 2. The summed E-state index contributed by atoms with van der Waals surface area (Å²) >= 11 is 0. The molecular formula is C8H9NO3. The summed E-state index contributed by atoms with van der Waals surface area (Å²) in [7, 11) is 0. The van der Waals surface area contributed by atoms with Gasteiger partial charge < -0.3 is 9.64 Å². The predicted molar refractivity (Wildman–Crippen MR) is 39.9 cm³/mol. The molecule has 12 heavy (non-hydrogen) atoms. The minimum atomic E-state index is -0.352. The second-order valence-electron chi connectivity index (χ2n) is 2.97. The van der Waals surface area contributed by atoms with Crippen LogP contribution in [0.2, 0.25) is 0 Å². The molecule has 2 rings (SSSR count). The summed E-state index contributed by atoms with van der Waals surface area (Å²) in [5.41, 5.74) is 0. The Labute approximate surface area is 69.8 Å². The van der Waals surface area contributed by atoms with Crippen molar-refractivity contribution < 1.29 is 14.3 Å². The Morgan fingerprint density at radius 1 is 1.67 bits per heavy atom. The van der Waals surface area contributed by atoms with Crippen molar-refractivity contribution in [3.05, 3.63) is 12.2 Å². The van der Waals surface area contributed by atoms with E-state index >= 15 is 0 Å². The Morgan fingerprint density at radius 3 is 2.83 bits per heavy atom. The number of carbonyl (C=O) groups excluding carboxylic acids is 2. The Bertz CT molecular complexity index is 271. The summed E-state index contributed by atoms with van der Waals surface area (Å²) in [6, 6.07) is 0.192. The van der Waals surface area contributed by atoms with Crippen LogP contribution >= 0.6 is 0 Å². The van der Waals surface area contributed by atoms with Crippen molar-refractivity contribution in [1.29, 1.82) is 0 Å². The third kappa shape index (κ3) is 0.841. The highest BCUT2D eigenvalue weighted by atomic mass is 16.5. The Balaban J connectivity index is 1.87. The normalized spacial score (nSPS) is 30.4. The van der Waals surface area contributed by atoms with Gasteiger partial charge in [0.1, 0.15) is 0 Å². The van der Waals surface area contributed by atoms with Crippen LogP contribution in [0, 0.1) is 5.92 Å². The van der Waals surface area contributed by atoms with E-state index in [1.54, 1.807) is 4.90 Å². The molecule has 2 atom stereocenters. The first-order valence-electron chi connectivity index (χ1n) is 3.82. The summed E-state index contributed by atoms with van der Waals surface area (Å²) in [6.45, 7) is 1.43. The Hall–Kier alpha value is -1.32. The van der Waals surface area contributed by atoms with Crippen molar-refractivity contribution in [2.75, 3.05) is 6.73 Å². The van der Waals surface area contributed by atoms with Gasteiger partial charge in [0.2, 0.25) is 5.91 Å². The maximum atomic E-state index is 11.1. The molecule has 1 fully saturated rings. The number of nitrogens with zero attached hydrogens (tertiary/aromatic N) is 1. The summed E-state index contributed by atoms with van der Waals surface area (Å²) in [6.07, 6.45) is 3.81. The van der Waals surface area contributed by atoms with Gasteiger partial charge in [0.05, 0.1) is 12.0 Å². The van der Waals surface area contributed by atoms with Gasteiger partial charge >= 0.3 is 5.97 Å². The number of hydrogen-bond donors (Lipinski definition) is 0. The summed E-state index contributed by atoms with van der Waals surface area (Å²) < 4.78 is 4.70. The lowest BCUT2D eigenvalue weighted by Gasteiger charge is -2.48. The van der Waals surface area contributed by atoms with Gasteiger partial charge in [0, 0.05) is 6.92 Å². The molecule has 1 heterocycles. The lowest BCUT2D eigenvalue weighted by atomic mass is 9.79. The van der Waals surface area contributed by atoms with Crippen LogP contribution in [0.3, 0.4) is 0 Å². The molecule has 4 nitrogen and oxygen atoms in total. The number of amides is 1. The molecule has 0 aromatic carbocycles. The van der Waals surface area contributed by atoms with Crippen molar-refractivity contribution in [3.63, 3.8) is 0 Å². The highest BCUT2D eigenvalue weighted by molar-refractivity contribution is 5.90. The third-order valence-corrected chi connectivity index (χ3v) is 2.22. The molecule has 0 unspecified atom stereocenters. The largest absolute Gasteiger partial charge is 0.444 e. The topological polar surface area (TPSA) is 46.6 Å². The first kappa shape index (κ1) is 7.34. The number of esters is 1. The number of β-lactam (4-membered cyclic amide) rings is 1. The van der Waals surface area contributed by atoms with Crippen molar-refractivity contribution >= 4 is 11.9 Å². The van der Waals surface area contributed by atoms with Crippen LogP contribution in [-0.4, -0.2) is 29.5 Å². The van der Waals surface area contributed by atoms with Gasteiger partial charge in [-0.3, -0.25) is 9.59 Å². The Morgan fingerprint density at radius 2 is 2.42 bits per heavy atom. The zero-order valence-electron chi connectivity index (χ0n) is 6.69. The van der Waals surface area contributed by atoms with Gasteiger partial charge in [-0.25, -0.2) is 0 Å². The van der Waals surface area contributed by atoms with Crippen LogP contribution in [0.4, 0.5) is 0 Å². The smallest absolute Gasteiger partial charge is 0.304 e. The average Bonchev–Trinajstić information content (AvgIpc) is 1.94. The molecule has 0 N–H and O–H groups in total. The quantitative estimate of drug-likeness (QED) is 0.328. The van der Waals surface area contributed by atoms with Crippen molar-refractivity contribution in [2.24, 2.45) is 5.92 Å². The third-order valence-electron chi connectivity index (χ3n) is 2.22. The molecule has 0 saturated carbocycles. The van der Waals surface area contributed by atoms with Crippen LogP contribution in [0.15, 0.2) is 12.2 Å². The summed E-state index contributed by atoms with van der Waals surface area (Å²) in [4.78, 5) is 23.1. The average molecular weight is 167 g/mol. The van der Waals surface area contributed by atoms with Gasteiger partial charge in [-0.15, -0.1) is 0 Å². The fraction of sp³-hybridized carbons (Fsp3) is 0.500.